The van der Waals surface area contributed by atoms with Crippen molar-refractivity contribution in [3.8, 4) is 11.4 Å². The van der Waals surface area contributed by atoms with E-state index in [0.29, 0.717) is 12.5 Å². The number of rotatable bonds is 5. The number of hydrogen-bond donors (Lipinski definition) is 1. The van der Waals surface area contributed by atoms with Crippen molar-refractivity contribution in [1.82, 2.24) is 29.9 Å². The van der Waals surface area contributed by atoms with E-state index < -0.39 is 0 Å². The monoisotopic (exact) mass is 532 g/mol. The number of nitrogens with one attached hydrogen (secondary N) is 1. The van der Waals surface area contributed by atoms with Gasteiger partial charge in [0.05, 0.1) is 29.1 Å². The fraction of sp³-hybridized carbons (Fsp3) is 0.500. The van der Waals surface area contributed by atoms with Crippen molar-refractivity contribution in [3.05, 3.63) is 45.4 Å². The molecule has 1 saturated carbocycles. The van der Waals surface area contributed by atoms with Crippen LogP contribution in [-0.4, -0.2) is 62.3 Å². The lowest BCUT2D eigenvalue weighted by molar-refractivity contribution is 0.0453. The minimum Gasteiger partial charge on any atom is -0.377 e. The maximum atomic E-state index is 6.92. The highest BCUT2D eigenvalue weighted by Crippen LogP contribution is 2.46. The lowest BCUT2D eigenvalue weighted by atomic mass is 9.96. The second kappa shape index (κ2) is 8.68. The van der Waals surface area contributed by atoms with Gasteiger partial charge in [-0.2, -0.15) is 10.2 Å². The number of aromatic nitrogens is 6. The molecule has 2 aliphatic heterocycles. The number of fused-ring (bicyclic) bond motifs is 2. The molecule has 9 nitrogen and oxygen atoms in total. The molecule has 3 aromatic heterocycles. The van der Waals surface area contributed by atoms with Crippen LogP contribution in [0.15, 0.2) is 12.1 Å². The predicted molar refractivity (Wildman–Crippen MR) is 149 cm³/mol. The van der Waals surface area contributed by atoms with Crippen molar-refractivity contribution < 1.29 is 4.74 Å². The van der Waals surface area contributed by atoms with Gasteiger partial charge in [0.15, 0.2) is 5.82 Å². The molecule has 1 aromatic carbocycles. The van der Waals surface area contributed by atoms with E-state index in [9.17, 15) is 0 Å². The minimum absolute atomic E-state index is 0.192. The van der Waals surface area contributed by atoms with E-state index in [4.69, 9.17) is 31.4 Å². The first-order chi connectivity index (χ1) is 18.4. The fourth-order valence-corrected chi connectivity index (χ4v) is 6.61. The van der Waals surface area contributed by atoms with E-state index in [2.05, 4.69) is 52.9 Å². The first-order valence-electron chi connectivity index (χ1n) is 13.5. The molecule has 3 aliphatic rings. The van der Waals surface area contributed by atoms with Gasteiger partial charge in [-0.1, -0.05) is 17.7 Å². The number of hydrogen-bond acceptors (Lipinski definition) is 7. The largest absolute Gasteiger partial charge is 0.377 e. The maximum Gasteiger partial charge on any atom is 0.162 e. The lowest BCUT2D eigenvalue weighted by Gasteiger charge is -2.47. The molecule has 0 radical (unpaired) electrons. The smallest absolute Gasteiger partial charge is 0.162 e. The number of anilines is 2. The molecule has 10 heteroatoms. The van der Waals surface area contributed by atoms with Crippen molar-refractivity contribution in [2.45, 2.75) is 64.6 Å². The molecule has 198 valence electrons. The second-order valence-corrected chi connectivity index (χ2v) is 11.4. The van der Waals surface area contributed by atoms with E-state index >= 15 is 0 Å². The quantitative estimate of drug-likeness (QED) is 0.399. The highest BCUT2D eigenvalue weighted by Gasteiger charge is 2.40. The number of nitrogens with zero attached hydrogens (tertiary/aromatic N) is 7. The summed E-state index contributed by atoms with van der Waals surface area (Å²) >= 11 is 6.92. The Morgan fingerprint density at radius 3 is 2.71 bits per heavy atom. The van der Waals surface area contributed by atoms with Crippen molar-refractivity contribution in [1.29, 1.82) is 0 Å². The first kappa shape index (κ1) is 23.9. The Labute approximate surface area is 227 Å². The number of ether oxygens (including phenoxy) is 1. The molecule has 1 aliphatic carbocycles. The lowest BCUT2D eigenvalue weighted by Crippen LogP contribution is -2.60. The molecule has 0 amide bonds. The molecule has 7 rings (SSSR count). The summed E-state index contributed by atoms with van der Waals surface area (Å²) < 4.78 is 7.66. The predicted octanol–water partition coefficient (Wildman–Crippen LogP) is 4.69. The molecule has 5 heterocycles. The average Bonchev–Trinajstić information content (AvgIpc) is 3.62. The molecular weight excluding hydrogens is 500 g/mol. The van der Waals surface area contributed by atoms with Crippen LogP contribution in [-0.2, 0) is 24.8 Å². The summed E-state index contributed by atoms with van der Waals surface area (Å²) in [7, 11) is 3.79. The molecule has 0 bridgehead atoms. The standard InChI is InChI=1S/C28H33ClN8O/c1-14-6-9-20-23(15(2)32-33-20)22(14)26-30-19-10-11-36(28-24(29)25(17-7-8-17)34-35(28)4)12-18(19)27(31-26)37-13-21(38-5)16(37)3/h6,9,16-17,21H,7-8,10-13H2,1-5H3,(H,32,33). The van der Waals surface area contributed by atoms with Crippen molar-refractivity contribution >= 4 is 34.1 Å². The number of halogens is 1. The topological polar surface area (TPSA) is 88.0 Å². The highest BCUT2D eigenvalue weighted by atomic mass is 35.5. The van der Waals surface area contributed by atoms with Crippen LogP contribution in [0, 0.1) is 13.8 Å². The summed E-state index contributed by atoms with van der Waals surface area (Å²) in [5.74, 6) is 3.26. The Kier molecular flexibility index (Phi) is 5.46. The van der Waals surface area contributed by atoms with Crippen molar-refractivity contribution in [2.24, 2.45) is 7.05 Å². The molecule has 4 aromatic rings. The van der Waals surface area contributed by atoms with Crippen LogP contribution in [0.1, 0.15) is 53.9 Å². The van der Waals surface area contributed by atoms with Gasteiger partial charge in [0.1, 0.15) is 16.7 Å². The van der Waals surface area contributed by atoms with E-state index in [1.165, 1.54) is 18.4 Å². The van der Waals surface area contributed by atoms with Crippen LogP contribution in [0.2, 0.25) is 5.02 Å². The summed E-state index contributed by atoms with van der Waals surface area (Å²) in [4.78, 5) is 15.2. The van der Waals surface area contributed by atoms with Crippen molar-refractivity contribution in [2.75, 3.05) is 30.0 Å². The Bertz CT molecular complexity index is 1570. The van der Waals surface area contributed by atoms with Crippen LogP contribution in [0.4, 0.5) is 11.6 Å². The highest BCUT2D eigenvalue weighted by molar-refractivity contribution is 6.33. The molecule has 2 atom stereocenters. The number of methoxy groups -OCH3 is 1. The van der Waals surface area contributed by atoms with E-state index in [1.807, 2.05) is 11.7 Å². The van der Waals surface area contributed by atoms with Gasteiger partial charge in [-0.25, -0.2) is 9.97 Å². The van der Waals surface area contributed by atoms with Gasteiger partial charge < -0.3 is 14.5 Å². The zero-order valence-corrected chi connectivity index (χ0v) is 23.3. The molecule has 1 saturated heterocycles. The normalized spacial score (nSPS) is 21.2. The van der Waals surface area contributed by atoms with Gasteiger partial charge >= 0.3 is 0 Å². The van der Waals surface area contributed by atoms with Gasteiger partial charge in [0, 0.05) is 68.3 Å². The number of H-pyrrole nitrogens is 1. The fourth-order valence-electron chi connectivity index (χ4n) is 6.18. The molecule has 1 N–H and O–H groups in total. The average molecular weight is 533 g/mol. The first-order valence-corrected chi connectivity index (χ1v) is 13.8. The van der Waals surface area contributed by atoms with Gasteiger partial charge in [0.2, 0.25) is 0 Å². The Balaban J connectivity index is 1.35. The van der Waals surface area contributed by atoms with E-state index in [0.717, 1.165) is 81.1 Å². The van der Waals surface area contributed by atoms with Crippen LogP contribution < -0.4 is 9.80 Å². The van der Waals surface area contributed by atoms with E-state index in [-0.39, 0.29) is 12.1 Å². The second-order valence-electron chi connectivity index (χ2n) is 11.1. The molecule has 2 unspecified atom stereocenters. The summed E-state index contributed by atoms with van der Waals surface area (Å²) in [5, 5.41) is 14.3. The third-order valence-electron chi connectivity index (χ3n) is 8.60. The van der Waals surface area contributed by atoms with Gasteiger partial charge in [0.25, 0.3) is 0 Å². The van der Waals surface area contributed by atoms with Crippen LogP contribution in [0.25, 0.3) is 22.3 Å². The Morgan fingerprint density at radius 2 is 1.97 bits per heavy atom. The third-order valence-corrected chi connectivity index (χ3v) is 8.97. The van der Waals surface area contributed by atoms with Crippen LogP contribution in [0.5, 0.6) is 0 Å². The third kappa shape index (κ3) is 3.55. The van der Waals surface area contributed by atoms with Gasteiger partial charge in [-0.3, -0.25) is 9.78 Å². The Hall–Kier alpha value is -3.17. The number of benzene rings is 1. The van der Waals surface area contributed by atoms with E-state index in [1.54, 1.807) is 7.11 Å². The Morgan fingerprint density at radius 1 is 1.16 bits per heavy atom. The van der Waals surface area contributed by atoms with Crippen LogP contribution in [0.3, 0.4) is 0 Å². The van der Waals surface area contributed by atoms with Crippen molar-refractivity contribution in [3.63, 3.8) is 0 Å². The molecule has 0 spiro atoms. The number of aryl methyl sites for hydroxylation is 3. The molecule has 2 fully saturated rings. The summed E-state index contributed by atoms with van der Waals surface area (Å²) in [6.07, 6.45) is 3.36. The molecule has 38 heavy (non-hydrogen) atoms. The minimum atomic E-state index is 0.192. The van der Waals surface area contributed by atoms with Gasteiger partial charge in [-0.05, 0) is 45.2 Å². The SMILES string of the molecule is COC1CN(c2nc(-c3c(C)ccc4n[nH]c(C)c34)nc3c2CN(c2c(Cl)c(C4CC4)nn2C)CC3)C1C. The summed E-state index contributed by atoms with van der Waals surface area (Å²) in [5.41, 5.74) is 7.48. The zero-order valence-electron chi connectivity index (χ0n) is 22.5. The maximum absolute atomic E-state index is 6.92. The van der Waals surface area contributed by atoms with Gasteiger partial charge in [-0.15, -0.1) is 0 Å². The molecular formula is C28H33ClN8O. The van der Waals surface area contributed by atoms with Crippen LogP contribution >= 0.6 is 11.6 Å². The summed E-state index contributed by atoms with van der Waals surface area (Å²) in [6, 6.07) is 4.40. The summed E-state index contributed by atoms with van der Waals surface area (Å²) in [6.45, 7) is 8.73. The number of aromatic amines is 1. The zero-order chi connectivity index (χ0) is 26.3.